The molecule has 7 N–H and O–H groups in total. The predicted octanol–water partition coefficient (Wildman–Crippen LogP) is 1.63. The van der Waals surface area contributed by atoms with Gasteiger partial charge in [-0.2, -0.15) is 0 Å². The first-order valence-corrected chi connectivity index (χ1v) is 26.2. The summed E-state index contributed by atoms with van der Waals surface area (Å²) >= 11 is 0. The molecule has 0 bridgehead atoms. The maximum absolute atomic E-state index is 15.5. The van der Waals surface area contributed by atoms with E-state index in [1.807, 2.05) is 6.92 Å². The number of amides is 7. The van der Waals surface area contributed by atoms with Crippen molar-refractivity contribution >= 4 is 58.2 Å². The van der Waals surface area contributed by atoms with Crippen LogP contribution >= 0.6 is 0 Å². The number of rotatable bonds is 26. The number of carbonyl (C=O) groups is 8. The topological polar surface area (TPSA) is 295 Å². The number of esters is 1. The molecule has 7 amide bonds. The second kappa shape index (κ2) is 26.1. The first-order chi connectivity index (χ1) is 37.4. The Morgan fingerprint density at radius 2 is 1.62 bits per heavy atom. The minimum Gasteiger partial charge on any atom is -0.458 e. The molecule has 78 heavy (non-hydrogen) atoms. The summed E-state index contributed by atoms with van der Waals surface area (Å²) in [6.07, 6.45) is 3.79. The molecular formula is C55H68FN9O13. The summed E-state index contributed by atoms with van der Waals surface area (Å²) in [7, 11) is 3.17. The third-order valence-corrected chi connectivity index (χ3v) is 14.7. The lowest BCUT2D eigenvalue weighted by molar-refractivity contribution is -0.172. The molecule has 0 saturated heterocycles. The largest absolute Gasteiger partial charge is 0.458 e. The van der Waals surface area contributed by atoms with Gasteiger partial charge in [-0.3, -0.25) is 38.4 Å². The summed E-state index contributed by atoms with van der Waals surface area (Å²) in [6.45, 7) is 3.20. The fraction of sp³-hybridized carbons (Fsp3) is 0.491. The smallest absolute Gasteiger partial charge is 0.343 e. The molecule has 2 aliphatic heterocycles. The van der Waals surface area contributed by atoms with E-state index >= 15 is 4.39 Å². The number of methoxy groups -OCH3 is 1. The van der Waals surface area contributed by atoms with Crippen molar-refractivity contribution in [1.29, 1.82) is 0 Å². The van der Waals surface area contributed by atoms with Crippen LogP contribution in [0.4, 0.5) is 4.39 Å². The SMILES string of the molecule is CCC(CC(=O)NCCCCCC(=O)NCC(=O)NCC(=O)N[C@@H](Cc1ccccc1)C(=O)NCC(=O)NCOCC(=O)N(C)[C@H]1CCc2c(C)c(F)cc3nc4c(c1c23)Cn1c-4cc2c(c1=O)COC(=O)[C@]2(O)CC)OC. The second-order valence-electron chi connectivity index (χ2n) is 19.7. The van der Waals surface area contributed by atoms with Crippen molar-refractivity contribution in [2.75, 3.05) is 53.7 Å². The number of benzene rings is 2. The molecule has 2 aromatic heterocycles. The molecule has 0 saturated carbocycles. The number of unbranched alkanes of at least 4 members (excludes halogenated alkanes) is 2. The van der Waals surface area contributed by atoms with Crippen molar-refractivity contribution in [3.63, 3.8) is 0 Å². The molecule has 0 radical (unpaired) electrons. The number of ether oxygens (including phenoxy) is 3. The van der Waals surface area contributed by atoms with E-state index in [0.29, 0.717) is 83.2 Å². The van der Waals surface area contributed by atoms with Gasteiger partial charge in [0, 0.05) is 56.1 Å². The van der Waals surface area contributed by atoms with Crippen LogP contribution in [0.1, 0.15) is 110 Å². The monoisotopic (exact) mass is 1080 g/mol. The van der Waals surface area contributed by atoms with Crippen molar-refractivity contribution in [2.24, 2.45) is 0 Å². The van der Waals surface area contributed by atoms with Gasteiger partial charge in [-0.15, -0.1) is 0 Å². The highest BCUT2D eigenvalue weighted by Crippen LogP contribution is 2.47. The van der Waals surface area contributed by atoms with E-state index in [9.17, 15) is 48.3 Å². The number of aryl methyl sites for hydroxylation is 1. The van der Waals surface area contributed by atoms with Crippen LogP contribution in [0.5, 0.6) is 0 Å². The molecule has 1 aliphatic carbocycles. The molecule has 1 unspecified atom stereocenters. The molecule has 7 rings (SSSR count). The predicted molar refractivity (Wildman–Crippen MR) is 280 cm³/mol. The summed E-state index contributed by atoms with van der Waals surface area (Å²) in [5, 5.41) is 27.4. The van der Waals surface area contributed by atoms with Crippen molar-refractivity contribution in [2.45, 2.75) is 122 Å². The van der Waals surface area contributed by atoms with Gasteiger partial charge in [0.05, 0.1) is 67.2 Å². The summed E-state index contributed by atoms with van der Waals surface area (Å²) in [4.78, 5) is 123. The first-order valence-electron chi connectivity index (χ1n) is 26.2. The highest BCUT2D eigenvalue weighted by molar-refractivity contribution is 5.95. The number of halogens is 1. The molecule has 4 aromatic rings. The Balaban J connectivity index is 0.880. The van der Waals surface area contributed by atoms with Gasteiger partial charge in [0.2, 0.25) is 41.4 Å². The van der Waals surface area contributed by atoms with E-state index in [2.05, 4.69) is 31.9 Å². The zero-order chi connectivity index (χ0) is 56.3. The van der Waals surface area contributed by atoms with Gasteiger partial charge in [0.25, 0.3) is 5.56 Å². The van der Waals surface area contributed by atoms with Crippen LogP contribution in [0.2, 0.25) is 0 Å². The zero-order valence-electron chi connectivity index (χ0n) is 44.6. The minimum atomic E-state index is -2.05. The average molecular weight is 1080 g/mol. The quantitative estimate of drug-likeness (QED) is 0.0236. The fourth-order valence-corrected chi connectivity index (χ4v) is 10.1. The van der Waals surface area contributed by atoms with Gasteiger partial charge in [-0.05, 0) is 73.8 Å². The van der Waals surface area contributed by atoms with Gasteiger partial charge < -0.3 is 60.7 Å². The van der Waals surface area contributed by atoms with E-state index in [-0.39, 0.29) is 74.4 Å². The number of carbonyl (C=O) groups excluding carboxylic acids is 8. The van der Waals surface area contributed by atoms with E-state index in [0.717, 1.165) is 12.0 Å². The number of cyclic esters (lactones) is 1. The Morgan fingerprint density at radius 1 is 0.897 bits per heavy atom. The maximum atomic E-state index is 15.5. The Kier molecular flexibility index (Phi) is 19.5. The van der Waals surface area contributed by atoms with Crippen molar-refractivity contribution < 1.29 is 62.1 Å². The molecule has 0 spiro atoms. The molecule has 4 atom stereocenters. The Hall–Kier alpha value is -7.63. The van der Waals surface area contributed by atoms with Gasteiger partial charge in [0.15, 0.2) is 5.60 Å². The van der Waals surface area contributed by atoms with Crippen LogP contribution in [0, 0.1) is 12.7 Å². The van der Waals surface area contributed by atoms with Crippen molar-refractivity contribution in [3.8, 4) is 11.4 Å². The Labute approximate surface area is 449 Å². The lowest BCUT2D eigenvalue weighted by Crippen LogP contribution is -2.52. The molecular weight excluding hydrogens is 1010 g/mol. The number of pyridine rings is 2. The number of nitrogens with one attached hydrogen (secondary N) is 6. The number of likely N-dealkylation sites (N-methyl/N-ethyl adjacent to an activating group) is 1. The summed E-state index contributed by atoms with van der Waals surface area (Å²) < 4.78 is 33.0. The summed E-state index contributed by atoms with van der Waals surface area (Å²) in [5.41, 5.74) is 2.00. The second-order valence-corrected chi connectivity index (χ2v) is 19.7. The molecule has 4 heterocycles. The van der Waals surface area contributed by atoms with Gasteiger partial charge in [-0.1, -0.05) is 50.6 Å². The Morgan fingerprint density at radius 3 is 2.35 bits per heavy atom. The number of hydrogen-bond acceptors (Lipinski definition) is 14. The summed E-state index contributed by atoms with van der Waals surface area (Å²) in [5.74, 6) is -4.91. The van der Waals surface area contributed by atoms with Crippen molar-refractivity contribution in [3.05, 3.63) is 97.6 Å². The molecule has 23 heteroatoms. The number of aliphatic hydroxyl groups is 1. The van der Waals surface area contributed by atoms with E-state index in [1.165, 1.54) is 15.5 Å². The molecule has 22 nitrogen and oxygen atoms in total. The lowest BCUT2D eigenvalue weighted by Gasteiger charge is -2.35. The minimum absolute atomic E-state index is 0.0466. The van der Waals surface area contributed by atoms with Gasteiger partial charge in [-0.25, -0.2) is 14.2 Å². The first kappa shape index (κ1) is 58.1. The molecule has 2 aromatic carbocycles. The number of aromatic nitrogens is 2. The fourth-order valence-electron chi connectivity index (χ4n) is 10.1. The van der Waals surface area contributed by atoms with Crippen molar-refractivity contribution in [1.82, 2.24) is 46.4 Å². The van der Waals surface area contributed by atoms with Crippen LogP contribution in [-0.4, -0.2) is 133 Å². The van der Waals surface area contributed by atoms with Gasteiger partial charge in [0.1, 0.15) is 31.8 Å². The van der Waals surface area contributed by atoms with Gasteiger partial charge >= 0.3 is 5.97 Å². The average Bonchev–Trinajstić information content (AvgIpc) is 4.02. The Bertz CT molecular complexity index is 3020. The summed E-state index contributed by atoms with van der Waals surface area (Å²) in [6, 6.07) is 9.99. The maximum Gasteiger partial charge on any atom is 0.343 e. The van der Waals surface area contributed by atoms with E-state index in [1.54, 1.807) is 64.4 Å². The number of hydrogen-bond donors (Lipinski definition) is 7. The standard InChI is InChI=1S/C55H68FN9O13/c1-6-33(76-5)21-44(67)57-19-13-9-12-16-43(66)58-24-45(68)59-26-47(70)62-40(20-32-14-10-8-11-15-32)52(72)60-25-46(69)61-30-77-29-48(71)64(4)41-18-17-34-31(3)38(56)23-39-49(34)50(41)35-27-65-42(51(35)63-39)22-37-36(53(65)73)28-78-54(74)55(37,75)7-2/h8,10-11,14-15,22-23,33,40-41,75H,6-7,9,12-13,16-21,24-30H2,1-5H3,(H,57,67)(H,58,66)(H,59,68)(H,60,72)(H,61,69)(H,62,70)/t33?,40-,41-,55-/m0/s1. The third-order valence-electron chi connectivity index (χ3n) is 14.7. The molecule has 0 fully saturated rings. The molecule has 418 valence electrons. The third kappa shape index (κ3) is 13.4. The number of fused-ring (bicyclic) bond motifs is 5. The van der Waals surface area contributed by atoms with E-state index < -0.39 is 91.0 Å². The van der Waals surface area contributed by atoms with Crippen LogP contribution in [0.15, 0.2) is 47.3 Å². The van der Waals surface area contributed by atoms with Crippen LogP contribution < -0.4 is 37.5 Å². The normalized spacial score (nSPS) is 16.6. The van der Waals surface area contributed by atoms with Crippen LogP contribution in [0.25, 0.3) is 22.3 Å². The van der Waals surface area contributed by atoms with Crippen LogP contribution in [0.3, 0.4) is 0 Å². The number of nitrogens with zero attached hydrogens (tertiary/aromatic N) is 3. The van der Waals surface area contributed by atoms with E-state index in [4.69, 9.17) is 19.2 Å². The highest BCUT2D eigenvalue weighted by Gasteiger charge is 2.46. The molecule has 3 aliphatic rings. The lowest BCUT2D eigenvalue weighted by atomic mass is 9.81. The van der Waals surface area contributed by atoms with Crippen LogP contribution in [-0.2, 0) is 84.2 Å². The highest BCUT2D eigenvalue weighted by atomic mass is 19.1. The zero-order valence-corrected chi connectivity index (χ0v) is 44.6.